The molecule has 2 aliphatic rings. The Morgan fingerprint density at radius 1 is 0.714 bits per heavy atom. The zero-order valence-corrected chi connectivity index (χ0v) is 20.8. The largest absolute Gasteiger partial charge is 1.00 e. The summed E-state index contributed by atoms with van der Waals surface area (Å²) in [5.41, 5.74) is 9.83. The molecule has 2 unspecified atom stereocenters. The molecule has 2 aromatic carbocycles. The van der Waals surface area contributed by atoms with Crippen molar-refractivity contribution in [3.8, 4) is 0 Å². The van der Waals surface area contributed by atoms with Crippen LogP contribution < -0.4 is 9.41 Å². The SMILES string of the molecule is CCC1=Cc2ccccc2[CH]1[Zr+2]([CH]1C(CC)=Cc2ccccc21)[SiH](C)C.[F-].[F-]. The van der Waals surface area contributed by atoms with E-state index in [4.69, 9.17) is 0 Å². The molecule has 28 heavy (non-hydrogen) atoms. The van der Waals surface area contributed by atoms with Crippen LogP contribution in [-0.2, 0) is 20.9 Å². The van der Waals surface area contributed by atoms with Crippen molar-refractivity contribution in [1.82, 2.24) is 0 Å². The topological polar surface area (TPSA) is 0 Å². The van der Waals surface area contributed by atoms with E-state index in [1.165, 1.54) is 24.0 Å². The van der Waals surface area contributed by atoms with Crippen molar-refractivity contribution >= 4 is 18.1 Å². The summed E-state index contributed by atoms with van der Waals surface area (Å²) < 4.78 is 1.60. The summed E-state index contributed by atoms with van der Waals surface area (Å²) in [5.74, 6) is -0.699. The van der Waals surface area contributed by atoms with Crippen molar-refractivity contribution in [2.75, 3.05) is 0 Å². The van der Waals surface area contributed by atoms with Gasteiger partial charge in [-0.15, -0.1) is 0 Å². The van der Waals surface area contributed by atoms with Gasteiger partial charge in [0.1, 0.15) is 0 Å². The number of hydrogen-bond donors (Lipinski definition) is 0. The predicted molar refractivity (Wildman–Crippen MR) is 114 cm³/mol. The summed E-state index contributed by atoms with van der Waals surface area (Å²) >= 11 is -1.78. The second kappa shape index (κ2) is 9.59. The van der Waals surface area contributed by atoms with E-state index in [1.807, 2.05) is 0 Å². The standard InChI is InChI=1S/2C11H11.C2H7Si.2FH.Zr/c2*1-2-9-7-10-5-3-4-6-11(10)8-9;1-3-2;;;/h2*3-8H,2H2,1H3;3H,1-2H3;2*1H;/q;;;;;+2/p-2. The van der Waals surface area contributed by atoms with Crippen molar-refractivity contribution in [1.29, 1.82) is 0 Å². The van der Waals surface area contributed by atoms with Gasteiger partial charge in [0.15, 0.2) is 0 Å². The van der Waals surface area contributed by atoms with Gasteiger partial charge >= 0.3 is 168 Å². The van der Waals surface area contributed by atoms with Crippen molar-refractivity contribution in [3.05, 3.63) is 81.9 Å². The maximum Gasteiger partial charge on any atom is -1.00 e. The van der Waals surface area contributed by atoms with E-state index < -0.39 is 26.8 Å². The Morgan fingerprint density at radius 2 is 1.11 bits per heavy atom. The Morgan fingerprint density at radius 3 is 1.46 bits per heavy atom. The fourth-order valence-corrected chi connectivity index (χ4v) is 28.2. The summed E-state index contributed by atoms with van der Waals surface area (Å²) in [7, 11) is 0. The van der Waals surface area contributed by atoms with E-state index >= 15 is 0 Å². The predicted octanol–water partition coefficient (Wildman–Crippen LogP) is 0.693. The smallest absolute Gasteiger partial charge is 1.00 e. The van der Waals surface area contributed by atoms with Crippen LogP contribution in [0.4, 0.5) is 0 Å². The van der Waals surface area contributed by atoms with Crippen LogP contribution in [0.15, 0.2) is 59.7 Å². The van der Waals surface area contributed by atoms with Crippen LogP contribution in [0.2, 0.25) is 13.1 Å². The van der Waals surface area contributed by atoms with E-state index in [2.05, 4.69) is 87.6 Å². The molecule has 0 aliphatic heterocycles. The van der Waals surface area contributed by atoms with E-state index in [1.54, 1.807) is 22.3 Å². The molecule has 0 amide bonds. The molecule has 0 fully saturated rings. The molecule has 147 valence electrons. The molecular formula is C24H29F2SiZr. The zero-order valence-electron chi connectivity index (χ0n) is 17.2. The zero-order chi connectivity index (χ0) is 18.3. The summed E-state index contributed by atoms with van der Waals surface area (Å²) in [6.45, 7) is 10.0. The van der Waals surface area contributed by atoms with Crippen LogP contribution in [0.25, 0.3) is 12.2 Å². The first-order valence-electron chi connectivity index (χ1n) is 10.1. The third kappa shape index (κ3) is 3.83. The molecule has 0 N–H and O–H groups in total. The molecule has 0 saturated carbocycles. The minimum absolute atomic E-state index is 0. The van der Waals surface area contributed by atoms with Gasteiger partial charge in [-0.2, -0.15) is 0 Å². The number of halogens is 2. The molecule has 0 saturated heterocycles. The summed E-state index contributed by atoms with van der Waals surface area (Å²) in [5, 5.41) is 0. The van der Waals surface area contributed by atoms with Crippen LogP contribution in [-0.4, -0.2) is 5.92 Å². The molecule has 4 heteroatoms. The molecule has 0 heterocycles. The second-order valence-corrected chi connectivity index (χ2v) is 28.0. The van der Waals surface area contributed by atoms with Crippen molar-refractivity contribution in [2.24, 2.45) is 0 Å². The van der Waals surface area contributed by atoms with Gasteiger partial charge in [-0.3, -0.25) is 0 Å². The monoisotopic (exact) mass is 473 g/mol. The first kappa shape index (κ1) is 23.2. The van der Waals surface area contributed by atoms with E-state index in [0.717, 1.165) is 7.25 Å². The van der Waals surface area contributed by atoms with Crippen molar-refractivity contribution in [2.45, 2.75) is 47.0 Å². The van der Waals surface area contributed by atoms with Crippen molar-refractivity contribution < 1.29 is 30.3 Å². The van der Waals surface area contributed by atoms with E-state index in [0.29, 0.717) is 0 Å². The summed E-state index contributed by atoms with van der Waals surface area (Å²) in [6, 6.07) is 18.5. The average Bonchev–Trinajstić information content (AvgIpc) is 3.21. The molecular weight excluding hydrogens is 446 g/mol. The third-order valence-corrected chi connectivity index (χ3v) is 27.9. The molecule has 0 nitrogen and oxygen atoms in total. The summed E-state index contributed by atoms with van der Waals surface area (Å²) in [4.78, 5) is 0. The number of allylic oxidation sites excluding steroid dienone is 2. The number of rotatable bonds is 5. The molecule has 0 radical (unpaired) electrons. The minimum Gasteiger partial charge on any atom is -1.00 e. The van der Waals surface area contributed by atoms with Gasteiger partial charge in [0.2, 0.25) is 0 Å². The van der Waals surface area contributed by atoms with E-state index in [-0.39, 0.29) is 9.41 Å². The van der Waals surface area contributed by atoms with Gasteiger partial charge in [-0.25, -0.2) is 0 Å². The fourth-order valence-electron chi connectivity index (χ4n) is 5.01. The molecule has 2 aliphatic carbocycles. The average molecular weight is 475 g/mol. The third-order valence-electron chi connectivity index (χ3n) is 6.19. The first-order chi connectivity index (χ1) is 12.7. The normalized spacial score (nSPS) is 19.2. The maximum atomic E-state index is 2.65. The Labute approximate surface area is 176 Å². The maximum absolute atomic E-state index is 2.65. The fraction of sp³-hybridized carbons (Fsp3) is 0.333. The number of fused-ring (bicyclic) bond motifs is 2. The minimum atomic E-state index is -1.78. The van der Waals surface area contributed by atoms with E-state index in [9.17, 15) is 0 Å². The number of hydrogen-bond acceptors (Lipinski definition) is 0. The quantitative estimate of drug-likeness (QED) is 0.560. The first-order valence-corrected chi connectivity index (χ1v) is 20.1. The summed E-state index contributed by atoms with van der Waals surface area (Å²) in [6.07, 6.45) is 7.50. The number of benzene rings is 2. The van der Waals surface area contributed by atoms with Crippen LogP contribution in [0.5, 0.6) is 0 Å². The molecule has 2 aromatic rings. The van der Waals surface area contributed by atoms with Crippen LogP contribution in [0.1, 0.15) is 56.2 Å². The van der Waals surface area contributed by atoms with Gasteiger partial charge < -0.3 is 9.41 Å². The second-order valence-electron chi connectivity index (χ2n) is 7.92. The van der Waals surface area contributed by atoms with Crippen molar-refractivity contribution in [3.63, 3.8) is 0 Å². The Balaban J connectivity index is 0.00000140. The van der Waals surface area contributed by atoms with Crippen LogP contribution >= 0.6 is 0 Å². The molecule has 0 spiro atoms. The Hall–Kier alpha value is -1.12. The van der Waals surface area contributed by atoms with Gasteiger partial charge in [0.05, 0.1) is 0 Å². The van der Waals surface area contributed by atoms with Gasteiger partial charge in [0.25, 0.3) is 0 Å². The molecule has 0 aromatic heterocycles. The van der Waals surface area contributed by atoms with Gasteiger partial charge in [0, 0.05) is 0 Å². The molecule has 2 atom stereocenters. The van der Waals surface area contributed by atoms with Crippen LogP contribution in [0.3, 0.4) is 0 Å². The Bertz CT molecular complexity index is 818. The molecule has 0 bridgehead atoms. The van der Waals surface area contributed by atoms with Gasteiger partial charge in [-0.1, -0.05) is 0 Å². The Kier molecular flexibility index (Phi) is 7.93. The molecule has 4 rings (SSSR count). The van der Waals surface area contributed by atoms with Gasteiger partial charge in [-0.05, 0) is 0 Å². The van der Waals surface area contributed by atoms with Crippen LogP contribution in [0, 0.1) is 0 Å².